The smallest absolute Gasteiger partial charge is 0.348 e. The number of nitriles is 1. The summed E-state index contributed by atoms with van der Waals surface area (Å²) in [5, 5.41) is 11.3. The number of alkyl halides is 3. The van der Waals surface area contributed by atoms with Crippen LogP contribution in [0.3, 0.4) is 0 Å². The summed E-state index contributed by atoms with van der Waals surface area (Å²) in [6, 6.07) is 7.84. The number of amides is 2. The van der Waals surface area contributed by atoms with Crippen molar-refractivity contribution < 1.29 is 35.6 Å². The topological polar surface area (TPSA) is 129 Å². The molecule has 0 unspecified atom stereocenters. The maximum Gasteiger partial charge on any atom is 0.408 e. The van der Waals surface area contributed by atoms with Gasteiger partial charge in [-0.2, -0.15) is 18.4 Å². The Balaban J connectivity index is 1.31. The van der Waals surface area contributed by atoms with Crippen LogP contribution in [-0.2, 0) is 22.9 Å². The van der Waals surface area contributed by atoms with Crippen molar-refractivity contribution in [3.63, 3.8) is 0 Å². The average molecular weight is 567 g/mol. The van der Waals surface area contributed by atoms with Crippen molar-refractivity contribution in [2.75, 3.05) is 13.1 Å². The zero-order valence-electron chi connectivity index (χ0n) is 20.3. The van der Waals surface area contributed by atoms with Gasteiger partial charge in [0.15, 0.2) is 14.6 Å². The fourth-order valence-electron chi connectivity index (χ4n) is 5.06. The lowest BCUT2D eigenvalue weighted by molar-refractivity contribution is -0.137. The minimum absolute atomic E-state index is 0.0198. The number of carbonyl (C=O) groups excluding carboxylic acids is 2. The Morgan fingerprint density at radius 2 is 1.77 bits per heavy atom. The van der Waals surface area contributed by atoms with E-state index in [0.29, 0.717) is 5.56 Å². The van der Waals surface area contributed by atoms with Crippen molar-refractivity contribution in [3.05, 3.63) is 68.9 Å². The minimum atomic E-state index is -4.89. The molecule has 0 bridgehead atoms. The summed E-state index contributed by atoms with van der Waals surface area (Å²) in [7, 11) is -4.62. The van der Waals surface area contributed by atoms with Crippen LogP contribution in [0.5, 0.6) is 0 Å². The van der Waals surface area contributed by atoms with E-state index in [2.05, 4.69) is 5.32 Å². The van der Waals surface area contributed by atoms with Gasteiger partial charge in [0.2, 0.25) is 0 Å². The van der Waals surface area contributed by atoms with E-state index in [1.165, 1.54) is 18.2 Å². The van der Waals surface area contributed by atoms with Crippen molar-refractivity contribution in [2.24, 2.45) is 0 Å². The van der Waals surface area contributed by atoms with Gasteiger partial charge in [0.1, 0.15) is 23.1 Å². The van der Waals surface area contributed by atoms with E-state index in [0.717, 1.165) is 21.6 Å². The minimum Gasteiger partial charge on any atom is -0.348 e. The molecule has 2 aromatic rings. The van der Waals surface area contributed by atoms with Gasteiger partial charge in [-0.15, -0.1) is 0 Å². The number of nitrogens with one attached hydrogen (secondary N) is 1. The highest BCUT2D eigenvalue weighted by molar-refractivity contribution is 7.94. The van der Waals surface area contributed by atoms with Gasteiger partial charge in [-0.25, -0.2) is 12.8 Å². The summed E-state index contributed by atoms with van der Waals surface area (Å²) >= 11 is 0. The van der Waals surface area contributed by atoms with Crippen LogP contribution in [0.15, 0.2) is 35.1 Å². The van der Waals surface area contributed by atoms with Crippen LogP contribution < -0.4 is 10.9 Å². The Morgan fingerprint density at radius 3 is 2.33 bits per heavy atom. The molecule has 1 aromatic carbocycles. The van der Waals surface area contributed by atoms with Crippen molar-refractivity contribution in [2.45, 2.75) is 54.4 Å². The second-order valence-electron chi connectivity index (χ2n) is 10.1. The molecule has 206 valence electrons. The van der Waals surface area contributed by atoms with Crippen molar-refractivity contribution in [1.82, 2.24) is 14.8 Å². The van der Waals surface area contributed by atoms with Crippen LogP contribution in [0, 0.1) is 17.1 Å². The number of hydrogen-bond acceptors (Lipinski definition) is 6. The molecule has 5 rings (SSSR count). The zero-order valence-corrected chi connectivity index (χ0v) is 21.2. The monoisotopic (exact) mass is 566 g/mol. The molecule has 2 fully saturated rings. The molecule has 0 saturated heterocycles. The molecule has 9 nitrogen and oxygen atoms in total. The zero-order chi connectivity index (χ0) is 28.4. The Morgan fingerprint density at radius 1 is 1.08 bits per heavy atom. The summed E-state index contributed by atoms with van der Waals surface area (Å²) in [6.45, 7) is -0.727. The molecule has 0 radical (unpaired) electrons. The van der Waals surface area contributed by atoms with Gasteiger partial charge in [0.05, 0.1) is 10.3 Å². The number of halogens is 4. The summed E-state index contributed by atoms with van der Waals surface area (Å²) < 4.78 is 77.4. The number of carbonyl (C=O) groups is 2. The molecule has 2 amide bonds. The first-order valence-corrected chi connectivity index (χ1v) is 13.6. The third kappa shape index (κ3) is 4.19. The molecule has 2 saturated carbocycles. The van der Waals surface area contributed by atoms with E-state index in [1.807, 2.05) is 0 Å². The van der Waals surface area contributed by atoms with Crippen LogP contribution in [0.2, 0.25) is 0 Å². The lowest BCUT2D eigenvalue weighted by Gasteiger charge is -2.34. The molecule has 3 aliphatic rings. The number of rotatable bonds is 7. The average Bonchev–Trinajstić information content (AvgIpc) is 3.79. The highest BCUT2D eigenvalue weighted by Gasteiger charge is 2.78. The number of benzene rings is 1. The van der Waals surface area contributed by atoms with Crippen LogP contribution in [0.1, 0.15) is 57.7 Å². The molecule has 2 heterocycles. The van der Waals surface area contributed by atoms with Crippen molar-refractivity contribution in [3.8, 4) is 6.07 Å². The highest BCUT2D eigenvalue weighted by Crippen LogP contribution is 2.62. The fraction of sp³-hybridized carbons (Fsp3) is 0.440. The summed E-state index contributed by atoms with van der Waals surface area (Å²) in [5.74, 6) is -2.25. The normalized spacial score (nSPS) is 19.2. The third-order valence-corrected chi connectivity index (χ3v) is 11.1. The highest BCUT2D eigenvalue weighted by atomic mass is 32.2. The van der Waals surface area contributed by atoms with E-state index < -0.39 is 68.1 Å². The van der Waals surface area contributed by atoms with E-state index in [4.69, 9.17) is 5.26 Å². The van der Waals surface area contributed by atoms with Gasteiger partial charge >= 0.3 is 6.18 Å². The Hall–Kier alpha value is -3.73. The lowest BCUT2D eigenvalue weighted by atomic mass is 10.1. The molecule has 39 heavy (non-hydrogen) atoms. The summed E-state index contributed by atoms with van der Waals surface area (Å²) in [5.41, 5.74) is -0.967. The number of aromatic nitrogens is 1. The number of fused-ring (bicyclic) bond motifs is 1. The Kier molecular flexibility index (Phi) is 6.13. The van der Waals surface area contributed by atoms with Gasteiger partial charge in [0, 0.05) is 26.2 Å². The van der Waals surface area contributed by atoms with E-state index in [1.54, 1.807) is 6.07 Å². The Labute approximate surface area is 219 Å². The van der Waals surface area contributed by atoms with E-state index >= 15 is 0 Å². The summed E-state index contributed by atoms with van der Waals surface area (Å²) in [4.78, 5) is 39.9. The second-order valence-corrected chi connectivity index (χ2v) is 12.8. The number of hydrogen-bond donors (Lipinski definition) is 1. The quantitative estimate of drug-likeness (QED) is 0.512. The summed E-state index contributed by atoms with van der Waals surface area (Å²) in [6.07, 6.45) is -5.83. The van der Waals surface area contributed by atoms with Crippen LogP contribution >= 0.6 is 0 Å². The molecule has 0 atom stereocenters. The van der Waals surface area contributed by atoms with Crippen LogP contribution in [0.25, 0.3) is 0 Å². The van der Waals surface area contributed by atoms with E-state index in [9.17, 15) is 40.4 Å². The van der Waals surface area contributed by atoms with E-state index in [-0.39, 0.29) is 49.3 Å². The van der Waals surface area contributed by atoms with Gasteiger partial charge in [-0.05, 0) is 55.5 Å². The largest absolute Gasteiger partial charge is 0.408 e. The predicted octanol–water partition coefficient (Wildman–Crippen LogP) is 2.29. The van der Waals surface area contributed by atoms with Gasteiger partial charge in [-0.3, -0.25) is 14.4 Å². The predicted molar refractivity (Wildman–Crippen MR) is 128 cm³/mol. The maximum atomic E-state index is 13.8. The molecule has 1 aromatic heterocycles. The molecule has 2 aliphatic carbocycles. The molecule has 1 aliphatic heterocycles. The third-order valence-electron chi connectivity index (χ3n) is 7.72. The number of sulfone groups is 1. The van der Waals surface area contributed by atoms with Gasteiger partial charge in [-0.1, -0.05) is 6.07 Å². The first kappa shape index (κ1) is 26.9. The van der Waals surface area contributed by atoms with Crippen LogP contribution in [0.4, 0.5) is 17.6 Å². The SMILES string of the molecule is N#Cc1ccc(CNC(=O)c2ccc3n(c2=O)CCN(CC2(S(=O)(=O)C4(C(F)(F)F)CC4)CC2)C3=O)cc1F. The first-order chi connectivity index (χ1) is 18.3. The molecular formula is C25H22F4N4O5S. The fourth-order valence-corrected chi connectivity index (χ4v) is 7.80. The number of nitrogens with zero attached hydrogens (tertiary/aromatic N) is 3. The standard InChI is InChI=1S/C25H22F4N4O5S/c26-18-11-15(1-2-16(18)12-30)13-31-20(34)17-3-4-19-22(36)32(9-10-33(19)21(17)35)14-23(5-6-23)39(37,38)24(7-8-24)25(27,28)29/h1-4,11H,5-10,13-14H2,(H,31,34). The first-order valence-electron chi connectivity index (χ1n) is 12.1. The van der Waals surface area contributed by atoms with Crippen LogP contribution in [-0.4, -0.2) is 58.5 Å². The maximum absolute atomic E-state index is 13.8. The molecule has 0 spiro atoms. The van der Waals surface area contributed by atoms with Crippen molar-refractivity contribution >= 4 is 21.7 Å². The lowest BCUT2D eigenvalue weighted by Crippen LogP contribution is -2.53. The number of pyridine rings is 1. The van der Waals surface area contributed by atoms with Crippen molar-refractivity contribution in [1.29, 1.82) is 5.26 Å². The van der Waals surface area contributed by atoms with Gasteiger partial charge < -0.3 is 14.8 Å². The molecular weight excluding hydrogens is 544 g/mol. The molecule has 14 heteroatoms. The molecule has 1 N–H and O–H groups in total. The Bertz CT molecular complexity index is 1600. The second kappa shape index (κ2) is 8.90. The van der Waals surface area contributed by atoms with Gasteiger partial charge in [0.25, 0.3) is 17.4 Å².